The topological polar surface area (TPSA) is 56.4 Å². The Morgan fingerprint density at radius 3 is 2.77 bits per heavy atom. The van der Waals surface area contributed by atoms with Gasteiger partial charge < -0.3 is 14.8 Å². The molecule has 2 amide bonds. The van der Waals surface area contributed by atoms with Crippen LogP contribution in [0.3, 0.4) is 0 Å². The summed E-state index contributed by atoms with van der Waals surface area (Å²) in [7, 11) is 0. The predicted molar refractivity (Wildman–Crippen MR) is 97.2 cm³/mol. The van der Waals surface area contributed by atoms with E-state index in [1.807, 2.05) is 24.1 Å². The summed E-state index contributed by atoms with van der Waals surface area (Å²) in [5.74, 6) is 0.157. The van der Waals surface area contributed by atoms with Crippen LogP contribution in [0.15, 0.2) is 24.4 Å². The highest BCUT2D eigenvalue weighted by Gasteiger charge is 2.37. The van der Waals surface area contributed by atoms with Gasteiger partial charge in [0.1, 0.15) is 5.82 Å². The summed E-state index contributed by atoms with van der Waals surface area (Å²) in [4.78, 5) is 31.5. The van der Waals surface area contributed by atoms with Crippen LogP contribution in [0.2, 0.25) is 0 Å². The summed E-state index contributed by atoms with van der Waals surface area (Å²) in [5, 5.41) is 1.07. The molecule has 2 fully saturated rings. The van der Waals surface area contributed by atoms with Crippen molar-refractivity contribution >= 4 is 22.7 Å². The van der Waals surface area contributed by atoms with E-state index in [1.54, 1.807) is 4.90 Å². The Labute approximate surface area is 152 Å². The van der Waals surface area contributed by atoms with Crippen molar-refractivity contribution in [3.05, 3.63) is 35.8 Å². The standard InChI is InChI=1S/C20H24FN3O2/c1-2-23-12-14(9-19(23)25)20(26)24-7-5-13(6-8-24)17-11-22-18-10-15(21)3-4-16(17)18/h3-4,10-11,13-14,22H,2,5-9,12H2,1H3. The van der Waals surface area contributed by atoms with Crippen LogP contribution in [0.1, 0.15) is 37.7 Å². The minimum atomic E-state index is -0.237. The van der Waals surface area contributed by atoms with E-state index < -0.39 is 0 Å². The van der Waals surface area contributed by atoms with Crippen LogP contribution in [0.5, 0.6) is 0 Å². The second kappa shape index (κ2) is 6.74. The van der Waals surface area contributed by atoms with Crippen molar-refractivity contribution in [1.82, 2.24) is 14.8 Å². The number of piperidine rings is 1. The highest BCUT2D eigenvalue weighted by Crippen LogP contribution is 2.34. The number of halogens is 1. The number of amides is 2. The lowest BCUT2D eigenvalue weighted by atomic mass is 9.88. The number of hydrogen-bond donors (Lipinski definition) is 1. The molecule has 2 aliphatic rings. The molecular formula is C20H24FN3O2. The van der Waals surface area contributed by atoms with E-state index in [-0.39, 0.29) is 23.5 Å². The van der Waals surface area contributed by atoms with Gasteiger partial charge in [0.25, 0.3) is 0 Å². The summed E-state index contributed by atoms with van der Waals surface area (Å²) in [5.41, 5.74) is 2.03. The molecule has 1 atom stereocenters. The highest BCUT2D eigenvalue weighted by atomic mass is 19.1. The normalized spacial score (nSPS) is 21.8. The van der Waals surface area contributed by atoms with Crippen molar-refractivity contribution in [3.63, 3.8) is 0 Å². The maximum Gasteiger partial charge on any atom is 0.227 e. The maximum absolute atomic E-state index is 13.4. The number of nitrogens with one attached hydrogen (secondary N) is 1. The molecular weight excluding hydrogens is 333 g/mol. The van der Waals surface area contributed by atoms with Crippen molar-refractivity contribution < 1.29 is 14.0 Å². The van der Waals surface area contributed by atoms with Crippen molar-refractivity contribution in [2.75, 3.05) is 26.2 Å². The average Bonchev–Trinajstić information content (AvgIpc) is 3.24. The average molecular weight is 357 g/mol. The van der Waals surface area contributed by atoms with Crippen LogP contribution in [0.25, 0.3) is 10.9 Å². The molecule has 138 valence electrons. The molecule has 26 heavy (non-hydrogen) atoms. The molecule has 4 rings (SSSR count). The molecule has 1 N–H and O–H groups in total. The van der Waals surface area contributed by atoms with Crippen molar-refractivity contribution in [1.29, 1.82) is 0 Å². The van der Waals surface area contributed by atoms with Crippen LogP contribution >= 0.6 is 0 Å². The molecule has 0 aliphatic carbocycles. The number of likely N-dealkylation sites (tertiary alicyclic amines) is 2. The molecule has 6 heteroatoms. The Hall–Kier alpha value is -2.37. The van der Waals surface area contributed by atoms with E-state index >= 15 is 0 Å². The van der Waals surface area contributed by atoms with Crippen LogP contribution in [0, 0.1) is 11.7 Å². The zero-order chi connectivity index (χ0) is 18.3. The second-order valence-electron chi connectivity index (χ2n) is 7.37. The fourth-order valence-corrected chi connectivity index (χ4v) is 4.37. The van der Waals surface area contributed by atoms with Crippen LogP contribution < -0.4 is 0 Å². The molecule has 0 saturated carbocycles. The van der Waals surface area contributed by atoms with Gasteiger partial charge >= 0.3 is 0 Å². The molecule has 0 bridgehead atoms. The van der Waals surface area contributed by atoms with E-state index in [1.165, 1.54) is 17.7 Å². The molecule has 3 heterocycles. The Balaban J connectivity index is 1.41. The van der Waals surface area contributed by atoms with Crippen LogP contribution in [0.4, 0.5) is 4.39 Å². The molecule has 2 saturated heterocycles. The van der Waals surface area contributed by atoms with Gasteiger partial charge in [0.15, 0.2) is 0 Å². The fraction of sp³-hybridized carbons (Fsp3) is 0.500. The summed E-state index contributed by atoms with van der Waals surface area (Å²) >= 11 is 0. The van der Waals surface area contributed by atoms with Crippen LogP contribution in [-0.2, 0) is 9.59 Å². The van der Waals surface area contributed by atoms with Gasteiger partial charge in [-0.1, -0.05) is 0 Å². The first-order valence-corrected chi connectivity index (χ1v) is 9.40. The molecule has 1 unspecified atom stereocenters. The van der Waals surface area contributed by atoms with E-state index in [0.29, 0.717) is 38.5 Å². The number of fused-ring (bicyclic) bond motifs is 1. The summed E-state index contributed by atoms with van der Waals surface area (Å²) in [6, 6.07) is 4.85. The molecule has 1 aromatic carbocycles. The largest absolute Gasteiger partial charge is 0.361 e. The number of rotatable bonds is 3. The van der Waals surface area contributed by atoms with Crippen molar-refractivity contribution in [2.45, 2.75) is 32.1 Å². The third kappa shape index (κ3) is 2.97. The lowest BCUT2D eigenvalue weighted by Gasteiger charge is -2.33. The number of nitrogens with zero attached hydrogens (tertiary/aromatic N) is 2. The highest BCUT2D eigenvalue weighted by molar-refractivity contribution is 5.89. The number of hydrogen-bond acceptors (Lipinski definition) is 2. The Bertz CT molecular complexity index is 839. The zero-order valence-corrected chi connectivity index (χ0v) is 15.0. The first-order chi connectivity index (χ1) is 12.6. The molecule has 2 aliphatic heterocycles. The van der Waals surface area contributed by atoms with Gasteiger partial charge in [0, 0.05) is 49.7 Å². The molecule has 1 aromatic heterocycles. The molecule has 0 spiro atoms. The van der Waals surface area contributed by atoms with Crippen molar-refractivity contribution in [3.8, 4) is 0 Å². The molecule has 0 radical (unpaired) electrons. The molecule has 5 nitrogen and oxygen atoms in total. The van der Waals surface area contributed by atoms with Gasteiger partial charge in [-0.15, -0.1) is 0 Å². The number of benzene rings is 1. The SMILES string of the molecule is CCN1CC(C(=O)N2CCC(c3c[nH]c4cc(F)ccc34)CC2)CC1=O. The lowest BCUT2D eigenvalue weighted by Crippen LogP contribution is -2.42. The first-order valence-electron chi connectivity index (χ1n) is 9.40. The van der Waals surface area contributed by atoms with Gasteiger partial charge in [0.2, 0.25) is 11.8 Å². The quantitative estimate of drug-likeness (QED) is 0.918. The number of carbonyl (C=O) groups is 2. The number of aromatic amines is 1. The predicted octanol–water partition coefficient (Wildman–Crippen LogP) is 2.88. The number of aromatic nitrogens is 1. The van der Waals surface area contributed by atoms with E-state index in [2.05, 4.69) is 4.98 Å². The maximum atomic E-state index is 13.4. The Kier molecular flexibility index (Phi) is 4.42. The zero-order valence-electron chi connectivity index (χ0n) is 15.0. The van der Waals surface area contributed by atoms with Gasteiger partial charge in [-0.2, -0.15) is 0 Å². The summed E-state index contributed by atoms with van der Waals surface area (Å²) in [6.07, 6.45) is 4.12. The smallest absolute Gasteiger partial charge is 0.227 e. The van der Waals surface area contributed by atoms with Gasteiger partial charge in [0.05, 0.1) is 5.92 Å². The number of carbonyl (C=O) groups excluding carboxylic acids is 2. The summed E-state index contributed by atoms with van der Waals surface area (Å²) in [6.45, 7) is 4.61. The molecule has 2 aromatic rings. The van der Waals surface area contributed by atoms with E-state index in [0.717, 1.165) is 23.7 Å². The second-order valence-corrected chi connectivity index (χ2v) is 7.37. The van der Waals surface area contributed by atoms with Gasteiger partial charge in [-0.25, -0.2) is 4.39 Å². The lowest BCUT2D eigenvalue weighted by molar-refractivity contribution is -0.136. The minimum absolute atomic E-state index is 0.0896. The van der Waals surface area contributed by atoms with E-state index in [9.17, 15) is 14.0 Å². The van der Waals surface area contributed by atoms with E-state index in [4.69, 9.17) is 0 Å². The van der Waals surface area contributed by atoms with Crippen molar-refractivity contribution in [2.24, 2.45) is 5.92 Å². The Morgan fingerprint density at radius 2 is 2.08 bits per heavy atom. The first kappa shape index (κ1) is 17.1. The minimum Gasteiger partial charge on any atom is -0.361 e. The fourth-order valence-electron chi connectivity index (χ4n) is 4.37. The summed E-state index contributed by atoms with van der Waals surface area (Å²) < 4.78 is 13.4. The van der Waals surface area contributed by atoms with Crippen LogP contribution in [-0.4, -0.2) is 52.8 Å². The van der Waals surface area contributed by atoms with Gasteiger partial charge in [-0.05, 0) is 49.4 Å². The third-order valence-corrected chi connectivity index (χ3v) is 5.87. The third-order valence-electron chi connectivity index (χ3n) is 5.87. The Morgan fingerprint density at radius 1 is 1.31 bits per heavy atom. The number of H-pyrrole nitrogens is 1. The monoisotopic (exact) mass is 357 g/mol. The van der Waals surface area contributed by atoms with Gasteiger partial charge in [-0.3, -0.25) is 9.59 Å².